The quantitative estimate of drug-likeness (QED) is 0.154. The second-order valence-electron chi connectivity index (χ2n) is 11.5. The van der Waals surface area contributed by atoms with E-state index in [9.17, 15) is 4.79 Å². The number of fused-ring (bicyclic) bond motifs is 1. The van der Waals surface area contributed by atoms with Crippen LogP contribution in [-0.4, -0.2) is 52.4 Å². The van der Waals surface area contributed by atoms with Crippen molar-refractivity contribution in [3.8, 4) is 11.5 Å². The number of ether oxygens (including phenoxy) is 4. The zero-order valence-electron chi connectivity index (χ0n) is 26.7. The molecule has 1 unspecified atom stereocenters. The molecule has 0 bridgehead atoms. The molecular weight excluding hydrogens is 606 g/mol. The Morgan fingerprint density at radius 3 is 2.02 bits per heavy atom. The summed E-state index contributed by atoms with van der Waals surface area (Å²) in [7, 11) is 3.31. The maximum absolute atomic E-state index is 12.8. The van der Waals surface area contributed by atoms with Gasteiger partial charge in [-0.3, -0.25) is 9.36 Å². The van der Waals surface area contributed by atoms with Gasteiger partial charge >= 0.3 is 0 Å². The van der Waals surface area contributed by atoms with Crippen LogP contribution in [0.3, 0.4) is 0 Å². The molecular formula is C38H35N5O5. The number of carbonyl (C=O) groups excluding carboxylic acids is 1. The number of hydrogen-bond acceptors (Lipinski definition) is 8. The monoisotopic (exact) mass is 641 g/mol. The van der Waals surface area contributed by atoms with E-state index in [4.69, 9.17) is 18.9 Å². The lowest BCUT2D eigenvalue weighted by atomic mass is 9.80. The first-order chi connectivity index (χ1) is 23.6. The standard InChI is InChI=1S/C38H35N5O5/c1-45-30-17-13-28(14-18-30)38(27-11-7-4-8-12-27,29-15-19-31(46-2)20-16-29)47-23-32-21-22-33(48-32)43-25-41-34-35(39-24-40-36(34)43)42-37(44)26-9-5-3-6-10-26/h3-20,24-25,32-33H,21-23H2,1-2H3,(H,39,40,42,44)/t32?,33-/m1/s1. The van der Waals surface area contributed by atoms with E-state index < -0.39 is 5.60 Å². The highest BCUT2D eigenvalue weighted by atomic mass is 16.6. The van der Waals surface area contributed by atoms with Crippen molar-refractivity contribution in [2.45, 2.75) is 30.8 Å². The minimum atomic E-state index is -0.942. The summed E-state index contributed by atoms with van der Waals surface area (Å²) in [6, 6.07) is 35.1. The van der Waals surface area contributed by atoms with E-state index in [1.165, 1.54) is 6.33 Å². The molecule has 4 aromatic carbocycles. The fraction of sp³-hybridized carbons (Fsp3) is 0.211. The second-order valence-corrected chi connectivity index (χ2v) is 11.5. The molecule has 3 heterocycles. The van der Waals surface area contributed by atoms with Gasteiger partial charge in [0.1, 0.15) is 29.7 Å². The minimum absolute atomic E-state index is 0.203. The summed E-state index contributed by atoms with van der Waals surface area (Å²) in [6.07, 6.45) is 4.10. The van der Waals surface area contributed by atoms with Crippen LogP contribution in [-0.2, 0) is 15.1 Å². The molecule has 6 aromatic rings. The molecule has 1 amide bonds. The molecule has 7 rings (SSSR count). The highest BCUT2D eigenvalue weighted by molar-refractivity contribution is 6.06. The molecule has 1 N–H and O–H groups in total. The molecule has 0 radical (unpaired) electrons. The predicted molar refractivity (Wildman–Crippen MR) is 181 cm³/mol. The number of anilines is 1. The normalized spacial score (nSPS) is 16.1. The number of methoxy groups -OCH3 is 2. The number of imidazole rings is 1. The third kappa shape index (κ3) is 5.99. The molecule has 10 nitrogen and oxygen atoms in total. The van der Waals surface area contributed by atoms with Crippen LogP contribution in [0, 0.1) is 0 Å². The van der Waals surface area contributed by atoms with Gasteiger partial charge in [-0.05, 0) is 65.9 Å². The number of aromatic nitrogens is 4. The summed E-state index contributed by atoms with van der Waals surface area (Å²) in [5.74, 6) is 1.60. The molecule has 1 aliphatic heterocycles. The first-order valence-electron chi connectivity index (χ1n) is 15.8. The summed E-state index contributed by atoms with van der Waals surface area (Å²) >= 11 is 0. The van der Waals surface area contributed by atoms with E-state index in [1.807, 2.05) is 89.5 Å². The summed E-state index contributed by atoms with van der Waals surface area (Å²) in [5.41, 5.74) is 3.55. The Kier molecular flexibility index (Phi) is 8.82. The molecule has 2 aromatic heterocycles. The fourth-order valence-electron chi connectivity index (χ4n) is 6.23. The lowest BCUT2D eigenvalue weighted by Gasteiger charge is -2.37. The van der Waals surface area contributed by atoms with Crippen molar-refractivity contribution in [2.24, 2.45) is 0 Å². The van der Waals surface area contributed by atoms with Crippen molar-refractivity contribution in [1.29, 1.82) is 0 Å². The maximum Gasteiger partial charge on any atom is 0.256 e. The summed E-state index contributed by atoms with van der Waals surface area (Å²) in [5, 5.41) is 2.87. The van der Waals surface area contributed by atoms with Gasteiger partial charge in [-0.1, -0.05) is 72.8 Å². The minimum Gasteiger partial charge on any atom is -0.497 e. The Balaban J connectivity index is 1.15. The van der Waals surface area contributed by atoms with Crippen LogP contribution in [0.4, 0.5) is 5.82 Å². The number of nitrogens with one attached hydrogen (secondary N) is 1. The van der Waals surface area contributed by atoms with Crippen molar-refractivity contribution in [1.82, 2.24) is 19.5 Å². The molecule has 1 saturated heterocycles. The SMILES string of the molecule is COc1ccc(C(OCC2CC[C@H](n3cnc4c(NC(=O)c5ccccc5)ncnc43)O2)(c2ccccc2)c2ccc(OC)cc2)cc1. The highest BCUT2D eigenvalue weighted by Gasteiger charge is 2.40. The van der Waals surface area contributed by atoms with Gasteiger partial charge in [0.2, 0.25) is 0 Å². The lowest BCUT2D eigenvalue weighted by molar-refractivity contribution is -0.0756. The van der Waals surface area contributed by atoms with Crippen LogP contribution in [0.2, 0.25) is 0 Å². The third-order valence-electron chi connectivity index (χ3n) is 8.68. The maximum atomic E-state index is 12.8. The van der Waals surface area contributed by atoms with E-state index in [-0.39, 0.29) is 18.2 Å². The summed E-state index contributed by atoms with van der Waals surface area (Å²) in [4.78, 5) is 26.2. The average molecular weight is 642 g/mol. The van der Waals surface area contributed by atoms with Gasteiger partial charge in [0, 0.05) is 5.56 Å². The van der Waals surface area contributed by atoms with Crippen LogP contribution in [0.25, 0.3) is 11.2 Å². The van der Waals surface area contributed by atoms with Crippen molar-refractivity contribution < 1.29 is 23.7 Å². The Morgan fingerprint density at radius 2 is 1.40 bits per heavy atom. The molecule has 2 atom stereocenters. The molecule has 0 aliphatic carbocycles. The molecule has 1 fully saturated rings. The molecule has 0 saturated carbocycles. The highest BCUT2D eigenvalue weighted by Crippen LogP contribution is 2.43. The van der Waals surface area contributed by atoms with E-state index in [2.05, 4.69) is 32.4 Å². The Hall–Kier alpha value is -5.58. The second kappa shape index (κ2) is 13.6. The van der Waals surface area contributed by atoms with Gasteiger partial charge in [0.05, 0.1) is 33.3 Å². The summed E-state index contributed by atoms with van der Waals surface area (Å²) < 4.78 is 26.5. The largest absolute Gasteiger partial charge is 0.497 e. The Labute approximate surface area is 278 Å². The number of amides is 1. The van der Waals surface area contributed by atoms with Gasteiger partial charge in [-0.15, -0.1) is 0 Å². The van der Waals surface area contributed by atoms with Crippen LogP contribution in [0.1, 0.15) is 46.1 Å². The van der Waals surface area contributed by atoms with Crippen LogP contribution in [0.15, 0.2) is 122 Å². The number of hydrogen-bond donors (Lipinski definition) is 1. The molecule has 48 heavy (non-hydrogen) atoms. The zero-order chi connectivity index (χ0) is 32.9. The average Bonchev–Trinajstić information content (AvgIpc) is 3.81. The molecule has 242 valence electrons. The van der Waals surface area contributed by atoms with E-state index in [0.29, 0.717) is 29.2 Å². The van der Waals surface area contributed by atoms with Crippen molar-refractivity contribution in [3.63, 3.8) is 0 Å². The van der Waals surface area contributed by atoms with Gasteiger partial charge in [-0.25, -0.2) is 15.0 Å². The van der Waals surface area contributed by atoms with E-state index >= 15 is 0 Å². The number of benzene rings is 4. The third-order valence-corrected chi connectivity index (χ3v) is 8.68. The van der Waals surface area contributed by atoms with Crippen LogP contribution in [0.5, 0.6) is 11.5 Å². The van der Waals surface area contributed by atoms with Crippen molar-refractivity contribution >= 4 is 22.9 Å². The smallest absolute Gasteiger partial charge is 0.256 e. The van der Waals surface area contributed by atoms with Gasteiger partial charge in [-0.2, -0.15) is 0 Å². The Morgan fingerprint density at radius 1 is 0.792 bits per heavy atom. The topological polar surface area (TPSA) is 110 Å². The van der Waals surface area contributed by atoms with Gasteiger partial charge in [0.25, 0.3) is 5.91 Å². The fourth-order valence-corrected chi connectivity index (χ4v) is 6.23. The van der Waals surface area contributed by atoms with Gasteiger partial charge in [0.15, 0.2) is 17.0 Å². The molecule has 0 spiro atoms. The number of carbonyl (C=O) groups is 1. The first kappa shape index (κ1) is 31.0. The lowest BCUT2D eigenvalue weighted by Crippen LogP contribution is -2.35. The first-order valence-corrected chi connectivity index (χ1v) is 15.8. The van der Waals surface area contributed by atoms with Gasteiger partial charge < -0.3 is 24.3 Å². The van der Waals surface area contributed by atoms with E-state index in [1.54, 1.807) is 32.7 Å². The number of rotatable bonds is 11. The molecule has 1 aliphatic rings. The number of nitrogens with zero attached hydrogens (tertiary/aromatic N) is 4. The van der Waals surface area contributed by atoms with Crippen LogP contribution >= 0.6 is 0 Å². The summed E-state index contributed by atoms with van der Waals surface area (Å²) in [6.45, 7) is 0.323. The van der Waals surface area contributed by atoms with E-state index in [0.717, 1.165) is 41.0 Å². The zero-order valence-corrected chi connectivity index (χ0v) is 26.7. The molecule has 10 heteroatoms. The van der Waals surface area contributed by atoms with Crippen molar-refractivity contribution in [2.75, 3.05) is 26.1 Å². The Bertz CT molecular complexity index is 1930. The predicted octanol–water partition coefficient (Wildman–Crippen LogP) is 6.78. The van der Waals surface area contributed by atoms with Crippen molar-refractivity contribution in [3.05, 3.63) is 144 Å². The van der Waals surface area contributed by atoms with Crippen LogP contribution < -0.4 is 14.8 Å².